The van der Waals surface area contributed by atoms with Gasteiger partial charge in [0, 0.05) is 12.8 Å². The van der Waals surface area contributed by atoms with Gasteiger partial charge < -0.3 is 14.6 Å². The fraction of sp³-hybridized carbons (Fsp3) is 0.765. The van der Waals surface area contributed by atoms with Crippen LogP contribution < -0.4 is 0 Å². The van der Waals surface area contributed by atoms with E-state index < -0.39 is 5.60 Å². The third kappa shape index (κ3) is 4.54. The van der Waals surface area contributed by atoms with Gasteiger partial charge in [-0.25, -0.2) is 0 Å². The van der Waals surface area contributed by atoms with Gasteiger partial charge in [0.1, 0.15) is 6.11 Å². The predicted octanol–water partition coefficient (Wildman–Crippen LogP) is 3.38. The Balaban J connectivity index is 1.77. The normalized spacial score (nSPS) is 29.6. The molecule has 0 amide bonds. The van der Waals surface area contributed by atoms with Gasteiger partial charge in [-0.1, -0.05) is 17.6 Å². The molecule has 1 saturated heterocycles. The molecule has 2 rings (SSSR count). The highest BCUT2D eigenvalue weighted by Crippen LogP contribution is 2.33. The number of aliphatic hydroxyl groups is 1. The Hall–Kier alpha value is -0.980. The van der Waals surface area contributed by atoms with Gasteiger partial charge in [-0.3, -0.25) is 0 Å². The molecule has 20 heavy (non-hydrogen) atoms. The molecule has 3 heteroatoms. The van der Waals surface area contributed by atoms with E-state index in [9.17, 15) is 5.11 Å². The van der Waals surface area contributed by atoms with Gasteiger partial charge in [-0.2, -0.15) is 0 Å². The minimum absolute atomic E-state index is 0.179. The van der Waals surface area contributed by atoms with Crippen LogP contribution in [-0.2, 0) is 9.47 Å². The zero-order chi connectivity index (χ0) is 14.4. The molecule has 0 aromatic heterocycles. The molecule has 0 aromatic carbocycles. The topological polar surface area (TPSA) is 38.7 Å². The van der Waals surface area contributed by atoms with Gasteiger partial charge in [-0.15, -0.1) is 0 Å². The van der Waals surface area contributed by atoms with E-state index >= 15 is 0 Å². The van der Waals surface area contributed by atoms with Crippen LogP contribution in [0.3, 0.4) is 0 Å². The summed E-state index contributed by atoms with van der Waals surface area (Å²) < 4.78 is 10.8. The monoisotopic (exact) mass is 278 g/mol. The zero-order valence-electron chi connectivity index (χ0n) is 12.7. The molecular weight excluding hydrogens is 252 g/mol. The lowest BCUT2D eigenvalue weighted by Gasteiger charge is -2.33. The largest absolute Gasteiger partial charge is 0.414 e. The molecule has 0 radical (unpaired) electrons. The first-order chi connectivity index (χ1) is 9.58. The van der Waals surface area contributed by atoms with Crippen molar-refractivity contribution in [2.75, 3.05) is 6.61 Å². The van der Waals surface area contributed by atoms with Crippen molar-refractivity contribution in [2.24, 2.45) is 5.92 Å². The number of allylic oxidation sites excluding steroid dienone is 2. The molecule has 0 aromatic rings. The summed E-state index contributed by atoms with van der Waals surface area (Å²) in [5, 5.41) is 10.5. The van der Waals surface area contributed by atoms with Crippen molar-refractivity contribution in [3.8, 4) is 12.0 Å². The number of rotatable bonds is 3. The molecule has 1 aliphatic carbocycles. The van der Waals surface area contributed by atoms with Crippen LogP contribution in [0.4, 0.5) is 0 Å². The Morgan fingerprint density at radius 2 is 2.30 bits per heavy atom. The molecule has 1 aliphatic heterocycles. The second-order valence-corrected chi connectivity index (χ2v) is 6.25. The Labute approximate surface area is 122 Å². The van der Waals surface area contributed by atoms with E-state index in [1.54, 1.807) is 0 Å². The summed E-state index contributed by atoms with van der Waals surface area (Å²) in [6.45, 7) is 4.80. The molecule has 0 saturated carbocycles. The first-order valence-corrected chi connectivity index (χ1v) is 7.71. The summed E-state index contributed by atoms with van der Waals surface area (Å²) in [6, 6.07) is 0. The summed E-state index contributed by atoms with van der Waals surface area (Å²) in [5.41, 5.74) is 0.696. The van der Waals surface area contributed by atoms with Crippen LogP contribution in [-0.4, -0.2) is 23.6 Å². The van der Waals surface area contributed by atoms with Crippen LogP contribution in [0.1, 0.15) is 58.8 Å². The van der Waals surface area contributed by atoms with Crippen molar-refractivity contribution in [1.29, 1.82) is 0 Å². The van der Waals surface area contributed by atoms with Gasteiger partial charge in [0.25, 0.3) is 0 Å². The van der Waals surface area contributed by atoms with Crippen LogP contribution in [0.5, 0.6) is 0 Å². The van der Waals surface area contributed by atoms with Crippen LogP contribution in [0, 0.1) is 17.9 Å². The fourth-order valence-corrected chi connectivity index (χ4v) is 2.80. The van der Waals surface area contributed by atoms with E-state index in [-0.39, 0.29) is 6.29 Å². The molecule has 2 aliphatic rings. The first kappa shape index (κ1) is 15.4. The van der Waals surface area contributed by atoms with Gasteiger partial charge in [0.2, 0.25) is 6.29 Å². The first-order valence-electron chi connectivity index (χ1n) is 7.71. The number of hydrogen-bond acceptors (Lipinski definition) is 3. The van der Waals surface area contributed by atoms with Gasteiger partial charge in [0.05, 0.1) is 12.2 Å². The molecule has 3 nitrogen and oxygen atoms in total. The smallest absolute Gasteiger partial charge is 0.210 e. The van der Waals surface area contributed by atoms with E-state index in [2.05, 4.69) is 25.0 Å². The molecule has 1 N–H and O–H groups in total. The fourth-order valence-electron chi connectivity index (χ4n) is 2.80. The Bertz CT molecular complexity index is 394. The lowest BCUT2D eigenvalue weighted by molar-refractivity contribution is -0.122. The average Bonchev–Trinajstić information content (AvgIpc) is 2.45. The van der Waals surface area contributed by atoms with E-state index in [0.29, 0.717) is 12.3 Å². The van der Waals surface area contributed by atoms with Crippen molar-refractivity contribution >= 4 is 0 Å². The Morgan fingerprint density at radius 3 is 2.95 bits per heavy atom. The molecule has 0 spiro atoms. The number of ether oxygens (including phenoxy) is 2. The highest BCUT2D eigenvalue weighted by atomic mass is 16.7. The number of hydrogen-bond donors (Lipinski definition) is 1. The van der Waals surface area contributed by atoms with E-state index in [1.807, 2.05) is 6.92 Å². The van der Waals surface area contributed by atoms with Crippen LogP contribution in [0.25, 0.3) is 0 Å². The van der Waals surface area contributed by atoms with Crippen molar-refractivity contribution < 1.29 is 14.6 Å². The summed E-state index contributed by atoms with van der Waals surface area (Å²) in [6.07, 6.45) is 11.5. The van der Waals surface area contributed by atoms with Crippen molar-refractivity contribution in [1.82, 2.24) is 0 Å². The predicted molar refractivity (Wildman–Crippen MR) is 78.8 cm³/mol. The second kappa shape index (κ2) is 7.15. The Morgan fingerprint density at radius 1 is 1.45 bits per heavy atom. The minimum atomic E-state index is -0.735. The summed E-state index contributed by atoms with van der Waals surface area (Å²) >= 11 is 0. The molecule has 3 atom stereocenters. The SMILES string of the molecule is CC1=CCC(C(C)(O)CC#COC2CCCCO2)CC1. The maximum absolute atomic E-state index is 10.5. The highest BCUT2D eigenvalue weighted by molar-refractivity contribution is 5.08. The van der Waals surface area contributed by atoms with Crippen LogP contribution >= 0.6 is 0 Å². The van der Waals surface area contributed by atoms with E-state index in [1.165, 1.54) is 5.57 Å². The van der Waals surface area contributed by atoms with Crippen molar-refractivity contribution in [3.63, 3.8) is 0 Å². The molecule has 3 unspecified atom stereocenters. The summed E-state index contributed by atoms with van der Waals surface area (Å²) in [4.78, 5) is 0. The zero-order valence-corrected chi connectivity index (χ0v) is 12.7. The lowest BCUT2D eigenvalue weighted by Crippen LogP contribution is -2.35. The molecular formula is C17H26O3. The molecule has 0 bridgehead atoms. The lowest BCUT2D eigenvalue weighted by atomic mass is 9.77. The quantitative estimate of drug-likeness (QED) is 0.635. The molecule has 112 valence electrons. The summed E-state index contributed by atoms with van der Waals surface area (Å²) in [5.74, 6) is 3.26. The maximum atomic E-state index is 10.5. The van der Waals surface area contributed by atoms with Crippen LogP contribution in [0.15, 0.2) is 11.6 Å². The second-order valence-electron chi connectivity index (χ2n) is 6.25. The van der Waals surface area contributed by atoms with Gasteiger partial charge in [0.15, 0.2) is 0 Å². The van der Waals surface area contributed by atoms with Crippen molar-refractivity contribution in [2.45, 2.75) is 70.7 Å². The third-order valence-corrected chi connectivity index (χ3v) is 4.36. The molecule has 1 fully saturated rings. The van der Waals surface area contributed by atoms with E-state index in [0.717, 1.165) is 45.1 Å². The van der Waals surface area contributed by atoms with Gasteiger partial charge in [-0.05, 0) is 51.9 Å². The Kier molecular flexibility index (Phi) is 5.51. The standard InChI is InChI=1S/C17H26O3/c1-14-7-9-15(10-8-14)17(2,18)11-5-13-20-16-6-3-4-12-19-16/h7,15-16,18H,3-4,6,8-12H2,1-2H3. The van der Waals surface area contributed by atoms with E-state index in [4.69, 9.17) is 9.47 Å². The summed E-state index contributed by atoms with van der Waals surface area (Å²) in [7, 11) is 0. The average molecular weight is 278 g/mol. The third-order valence-electron chi connectivity index (χ3n) is 4.36. The van der Waals surface area contributed by atoms with Crippen LogP contribution in [0.2, 0.25) is 0 Å². The minimum Gasteiger partial charge on any atom is -0.414 e. The van der Waals surface area contributed by atoms with Crippen molar-refractivity contribution in [3.05, 3.63) is 11.6 Å². The maximum Gasteiger partial charge on any atom is 0.210 e. The molecule has 1 heterocycles. The van der Waals surface area contributed by atoms with Gasteiger partial charge >= 0.3 is 0 Å². The highest BCUT2D eigenvalue weighted by Gasteiger charge is 2.31.